The first kappa shape index (κ1) is 15.3. The predicted octanol–water partition coefficient (Wildman–Crippen LogP) is 2.99. The Labute approximate surface area is 137 Å². The van der Waals surface area contributed by atoms with Crippen molar-refractivity contribution >= 4 is 37.2 Å². The molecule has 22 heavy (non-hydrogen) atoms. The minimum atomic E-state index is -2.56. The van der Waals surface area contributed by atoms with Crippen molar-refractivity contribution in [2.45, 2.75) is 0 Å². The molecule has 1 nitrogen and oxygen atoms in total. The van der Waals surface area contributed by atoms with E-state index in [2.05, 4.69) is 12.1 Å². The van der Waals surface area contributed by atoms with Gasteiger partial charge >= 0.3 is 138 Å². The molecule has 0 aliphatic heterocycles. The van der Waals surface area contributed by atoms with Gasteiger partial charge < -0.3 is 0 Å². The van der Waals surface area contributed by atoms with E-state index in [1.807, 2.05) is 78.9 Å². The second kappa shape index (κ2) is 7.11. The third kappa shape index (κ3) is 3.42. The number of hydrogen-bond donors (Lipinski definition) is 0. The normalized spacial score (nSPS) is 11.3. The molecule has 0 radical (unpaired) electrons. The van der Waals surface area contributed by atoms with Crippen molar-refractivity contribution in [3.63, 3.8) is 0 Å². The molecule has 3 aromatic carbocycles. The van der Waals surface area contributed by atoms with Crippen molar-refractivity contribution in [1.29, 1.82) is 0 Å². The van der Waals surface area contributed by atoms with Crippen LogP contribution in [0, 0.1) is 0 Å². The Bertz CT molecular complexity index is 714. The van der Waals surface area contributed by atoms with Crippen LogP contribution in [0.2, 0.25) is 0 Å². The Morgan fingerprint density at radius 1 is 0.636 bits per heavy atom. The van der Waals surface area contributed by atoms with Gasteiger partial charge in [0.15, 0.2) is 0 Å². The van der Waals surface area contributed by atoms with Gasteiger partial charge in [-0.2, -0.15) is 0 Å². The molecule has 0 aliphatic carbocycles. The van der Waals surface area contributed by atoms with Crippen LogP contribution in [-0.2, 0) is 4.57 Å². The Hall–Kier alpha value is -1.59. The first-order chi connectivity index (χ1) is 10.8. The fraction of sp³-hybridized carbons (Fsp3) is 0.0526. The molecule has 3 heteroatoms. The quantitative estimate of drug-likeness (QED) is 0.498. The molecule has 0 amide bonds. The summed E-state index contributed by atoms with van der Waals surface area (Å²) >= 11 is 0.197. The molecule has 0 N–H and O–H groups in total. The molecule has 0 saturated carbocycles. The summed E-state index contributed by atoms with van der Waals surface area (Å²) in [5, 5.41) is 2.64. The number of hydrogen-bond acceptors (Lipinski definition) is 1. The first-order valence-electron chi connectivity index (χ1n) is 7.17. The van der Waals surface area contributed by atoms with Gasteiger partial charge in [-0.25, -0.2) is 0 Å². The summed E-state index contributed by atoms with van der Waals surface area (Å²) < 4.78 is 15.1. The van der Waals surface area contributed by atoms with Crippen LogP contribution in [0.1, 0.15) is 0 Å². The second-order valence-corrected chi connectivity index (χ2v) is 11.0. The van der Waals surface area contributed by atoms with Crippen molar-refractivity contribution in [1.82, 2.24) is 0 Å². The summed E-state index contributed by atoms with van der Waals surface area (Å²) in [5.74, 6) is 0. The Balaban J connectivity index is 1.95. The van der Waals surface area contributed by atoms with E-state index in [1.165, 1.54) is 4.46 Å². The standard InChI is InChI=1S/C19H17OPSe/c20-21(17-10-4-1-5-11-17,18-12-6-2-7-13-18)16-22-19-14-8-3-9-15-19/h1-15H,16H2. The minimum absolute atomic E-state index is 0.197. The maximum absolute atomic E-state index is 13.8. The number of rotatable bonds is 5. The van der Waals surface area contributed by atoms with Crippen molar-refractivity contribution in [2.75, 3.05) is 5.06 Å². The van der Waals surface area contributed by atoms with Gasteiger partial charge in [0, 0.05) is 0 Å². The molecule has 0 fully saturated rings. The van der Waals surface area contributed by atoms with Crippen LogP contribution >= 0.6 is 7.14 Å². The van der Waals surface area contributed by atoms with E-state index < -0.39 is 7.14 Å². The molecule has 0 heterocycles. The monoisotopic (exact) mass is 372 g/mol. The van der Waals surface area contributed by atoms with E-state index in [0.717, 1.165) is 15.7 Å². The van der Waals surface area contributed by atoms with Gasteiger partial charge in [-0.1, -0.05) is 0 Å². The molecule has 0 saturated heterocycles. The van der Waals surface area contributed by atoms with Crippen LogP contribution in [0.15, 0.2) is 91.0 Å². The first-order valence-corrected chi connectivity index (χ1v) is 11.1. The third-order valence-electron chi connectivity index (χ3n) is 3.50. The summed E-state index contributed by atoms with van der Waals surface area (Å²) in [4.78, 5) is 0. The summed E-state index contributed by atoms with van der Waals surface area (Å²) in [6.07, 6.45) is 0. The van der Waals surface area contributed by atoms with Crippen molar-refractivity contribution in [3.05, 3.63) is 91.0 Å². The average Bonchev–Trinajstić information content (AvgIpc) is 2.62. The van der Waals surface area contributed by atoms with E-state index in [-0.39, 0.29) is 15.0 Å². The molecule has 0 spiro atoms. The summed E-state index contributed by atoms with van der Waals surface area (Å²) in [7, 11) is -2.56. The van der Waals surface area contributed by atoms with E-state index >= 15 is 0 Å². The van der Waals surface area contributed by atoms with Crippen LogP contribution in [0.3, 0.4) is 0 Å². The molecule has 0 unspecified atom stereocenters. The topological polar surface area (TPSA) is 17.1 Å². The Morgan fingerprint density at radius 2 is 1.05 bits per heavy atom. The molecular weight excluding hydrogens is 354 g/mol. The van der Waals surface area contributed by atoms with Crippen LogP contribution < -0.4 is 15.1 Å². The summed E-state index contributed by atoms with van der Waals surface area (Å²) in [6, 6.07) is 30.2. The number of benzene rings is 3. The van der Waals surface area contributed by atoms with Crippen LogP contribution in [0.4, 0.5) is 0 Å². The van der Waals surface area contributed by atoms with Crippen LogP contribution in [-0.4, -0.2) is 20.0 Å². The fourth-order valence-corrected chi connectivity index (χ4v) is 9.25. The van der Waals surface area contributed by atoms with E-state index in [0.29, 0.717) is 0 Å². The zero-order valence-electron chi connectivity index (χ0n) is 12.1. The van der Waals surface area contributed by atoms with Crippen molar-refractivity contribution in [2.24, 2.45) is 0 Å². The molecule has 110 valence electrons. The SMILES string of the molecule is O=P(C[Se]c1ccccc1)(c1ccccc1)c1ccccc1. The van der Waals surface area contributed by atoms with Gasteiger partial charge in [-0.05, 0) is 0 Å². The van der Waals surface area contributed by atoms with Gasteiger partial charge in [0.25, 0.3) is 0 Å². The Morgan fingerprint density at radius 3 is 1.50 bits per heavy atom. The fourth-order valence-electron chi connectivity index (χ4n) is 2.32. The van der Waals surface area contributed by atoms with Crippen LogP contribution in [0.5, 0.6) is 0 Å². The van der Waals surface area contributed by atoms with Crippen molar-refractivity contribution in [3.8, 4) is 0 Å². The molecule has 0 aliphatic rings. The average molecular weight is 371 g/mol. The van der Waals surface area contributed by atoms with E-state index in [9.17, 15) is 4.57 Å². The molecule has 0 atom stereocenters. The van der Waals surface area contributed by atoms with E-state index in [4.69, 9.17) is 0 Å². The molecular formula is C19H17OPSe. The Kier molecular flexibility index (Phi) is 4.95. The second-order valence-electron chi connectivity index (χ2n) is 5.00. The maximum atomic E-state index is 13.8. The van der Waals surface area contributed by atoms with Crippen molar-refractivity contribution < 1.29 is 4.57 Å². The zero-order valence-corrected chi connectivity index (χ0v) is 14.7. The van der Waals surface area contributed by atoms with Gasteiger partial charge in [0.05, 0.1) is 0 Å². The molecule has 0 bridgehead atoms. The summed E-state index contributed by atoms with van der Waals surface area (Å²) in [6.45, 7) is 0. The third-order valence-corrected chi connectivity index (χ3v) is 10.6. The molecule has 3 rings (SSSR count). The summed E-state index contributed by atoms with van der Waals surface area (Å²) in [5.41, 5.74) is 0. The van der Waals surface area contributed by atoms with Crippen LogP contribution in [0.25, 0.3) is 0 Å². The van der Waals surface area contributed by atoms with E-state index in [1.54, 1.807) is 0 Å². The predicted molar refractivity (Wildman–Crippen MR) is 96.5 cm³/mol. The van der Waals surface area contributed by atoms with Gasteiger partial charge in [-0.3, -0.25) is 0 Å². The molecule has 0 aromatic heterocycles. The zero-order chi connectivity index (χ0) is 15.3. The van der Waals surface area contributed by atoms with Gasteiger partial charge in [0.1, 0.15) is 0 Å². The van der Waals surface area contributed by atoms with Gasteiger partial charge in [-0.15, -0.1) is 0 Å². The molecule has 3 aromatic rings. The van der Waals surface area contributed by atoms with Gasteiger partial charge in [0.2, 0.25) is 0 Å².